The summed E-state index contributed by atoms with van der Waals surface area (Å²) in [5.41, 5.74) is 2.65. The molecule has 2 rings (SSSR count). The second-order valence-electron chi connectivity index (χ2n) is 4.74. The van der Waals surface area contributed by atoms with Gasteiger partial charge >= 0.3 is 0 Å². The number of rotatable bonds is 2. The van der Waals surface area contributed by atoms with Gasteiger partial charge in [-0.3, -0.25) is 0 Å². The van der Waals surface area contributed by atoms with E-state index in [1.807, 2.05) is 0 Å². The van der Waals surface area contributed by atoms with Gasteiger partial charge in [-0.1, -0.05) is 38.1 Å². The van der Waals surface area contributed by atoms with E-state index in [-0.39, 0.29) is 0 Å². The highest BCUT2D eigenvalue weighted by Crippen LogP contribution is 2.20. The van der Waals surface area contributed by atoms with Crippen LogP contribution in [0.3, 0.4) is 0 Å². The summed E-state index contributed by atoms with van der Waals surface area (Å²) >= 11 is 0. The third-order valence-corrected chi connectivity index (χ3v) is 3.04. The van der Waals surface area contributed by atoms with E-state index in [0.717, 1.165) is 18.8 Å². The van der Waals surface area contributed by atoms with Crippen molar-refractivity contribution in [1.82, 2.24) is 0 Å². The first-order valence-electron chi connectivity index (χ1n) is 6.19. The molecule has 1 fully saturated rings. The van der Waals surface area contributed by atoms with Gasteiger partial charge in [0.2, 0.25) is 0 Å². The molecule has 0 atom stereocenters. The fourth-order valence-electron chi connectivity index (χ4n) is 1.95. The number of hydrogen-bond acceptors (Lipinski definition) is 1. The first-order chi connectivity index (χ1) is 7.75. The summed E-state index contributed by atoms with van der Waals surface area (Å²) in [4.78, 5) is 0. The first kappa shape index (κ1) is 11.3. The van der Waals surface area contributed by atoms with Crippen LogP contribution in [0.1, 0.15) is 50.2 Å². The highest BCUT2D eigenvalue weighted by atomic mass is 16.5. The molecule has 1 aromatic carbocycles. The van der Waals surface area contributed by atoms with Crippen LogP contribution in [-0.4, -0.2) is 6.61 Å². The standard InChI is InChI=1S/C15H20O/c1-12(2)14-8-6-13(7-9-14)11-15-5-3-4-10-16-15/h6-9,11-12H,3-5,10H2,1-2H3. The molecule has 0 aliphatic carbocycles. The predicted molar refractivity (Wildman–Crippen MR) is 68.3 cm³/mol. The molecule has 0 spiro atoms. The third-order valence-electron chi connectivity index (χ3n) is 3.04. The molecule has 0 radical (unpaired) electrons. The lowest BCUT2D eigenvalue weighted by Crippen LogP contribution is -2.02. The Labute approximate surface area is 98.1 Å². The molecule has 0 aromatic heterocycles. The maximum Gasteiger partial charge on any atom is 0.0965 e. The molecular weight excluding hydrogens is 196 g/mol. The van der Waals surface area contributed by atoms with E-state index in [4.69, 9.17) is 4.74 Å². The topological polar surface area (TPSA) is 9.23 Å². The Morgan fingerprint density at radius 2 is 1.88 bits per heavy atom. The summed E-state index contributed by atoms with van der Waals surface area (Å²) in [6.45, 7) is 5.32. The van der Waals surface area contributed by atoms with Crippen LogP contribution in [0, 0.1) is 0 Å². The Bertz CT molecular complexity index is 352. The van der Waals surface area contributed by atoms with Crippen molar-refractivity contribution in [3.63, 3.8) is 0 Å². The van der Waals surface area contributed by atoms with Crippen molar-refractivity contribution in [2.24, 2.45) is 0 Å². The van der Waals surface area contributed by atoms with E-state index in [9.17, 15) is 0 Å². The van der Waals surface area contributed by atoms with Crippen LogP contribution in [0.2, 0.25) is 0 Å². The van der Waals surface area contributed by atoms with Gasteiger partial charge < -0.3 is 4.74 Å². The Morgan fingerprint density at radius 3 is 2.44 bits per heavy atom. The molecule has 0 saturated carbocycles. The van der Waals surface area contributed by atoms with Crippen molar-refractivity contribution in [2.75, 3.05) is 6.61 Å². The van der Waals surface area contributed by atoms with Gasteiger partial charge in [-0.05, 0) is 36.0 Å². The van der Waals surface area contributed by atoms with Gasteiger partial charge in [0.15, 0.2) is 0 Å². The lowest BCUT2D eigenvalue weighted by atomic mass is 10.0. The minimum atomic E-state index is 0.604. The van der Waals surface area contributed by atoms with Crippen molar-refractivity contribution in [2.45, 2.75) is 39.0 Å². The molecule has 1 aliphatic heterocycles. The molecule has 0 bridgehead atoms. The number of ether oxygens (including phenoxy) is 1. The van der Waals surface area contributed by atoms with Gasteiger partial charge in [-0.25, -0.2) is 0 Å². The van der Waals surface area contributed by atoms with E-state index in [1.165, 1.54) is 24.0 Å². The minimum absolute atomic E-state index is 0.604. The fourth-order valence-corrected chi connectivity index (χ4v) is 1.95. The summed E-state index contributed by atoms with van der Waals surface area (Å²) in [5.74, 6) is 1.75. The van der Waals surface area contributed by atoms with Crippen molar-refractivity contribution < 1.29 is 4.74 Å². The first-order valence-corrected chi connectivity index (χ1v) is 6.19. The van der Waals surface area contributed by atoms with Gasteiger partial charge in [0.05, 0.1) is 12.4 Å². The average Bonchev–Trinajstić information content (AvgIpc) is 2.31. The summed E-state index contributed by atoms with van der Waals surface area (Å²) in [6.07, 6.45) is 5.72. The van der Waals surface area contributed by atoms with E-state index in [0.29, 0.717) is 5.92 Å². The van der Waals surface area contributed by atoms with Crippen molar-refractivity contribution in [3.8, 4) is 0 Å². The Balaban J connectivity index is 2.09. The highest BCUT2D eigenvalue weighted by Gasteiger charge is 2.05. The van der Waals surface area contributed by atoms with Gasteiger partial charge in [-0.15, -0.1) is 0 Å². The predicted octanol–water partition coefficient (Wildman–Crippen LogP) is 4.35. The molecule has 16 heavy (non-hydrogen) atoms. The average molecular weight is 216 g/mol. The maximum absolute atomic E-state index is 5.62. The van der Waals surface area contributed by atoms with Gasteiger partial charge in [0, 0.05) is 6.42 Å². The molecule has 1 nitrogen and oxygen atoms in total. The molecule has 0 N–H and O–H groups in total. The lowest BCUT2D eigenvalue weighted by molar-refractivity contribution is 0.169. The van der Waals surface area contributed by atoms with Crippen LogP contribution in [-0.2, 0) is 4.74 Å². The highest BCUT2D eigenvalue weighted by molar-refractivity contribution is 5.52. The van der Waals surface area contributed by atoms with Crippen LogP contribution < -0.4 is 0 Å². The summed E-state index contributed by atoms with van der Waals surface area (Å²) in [5, 5.41) is 0. The Hall–Kier alpha value is -1.24. The molecule has 1 aliphatic rings. The minimum Gasteiger partial charge on any atom is -0.498 e. The smallest absolute Gasteiger partial charge is 0.0965 e. The normalized spacial score (nSPS) is 18.8. The van der Waals surface area contributed by atoms with Crippen LogP contribution >= 0.6 is 0 Å². The summed E-state index contributed by atoms with van der Waals surface area (Å²) < 4.78 is 5.62. The van der Waals surface area contributed by atoms with E-state index < -0.39 is 0 Å². The molecule has 0 amide bonds. The molecular formula is C15H20O. The van der Waals surface area contributed by atoms with Gasteiger partial charge in [0.1, 0.15) is 0 Å². The Morgan fingerprint density at radius 1 is 1.12 bits per heavy atom. The van der Waals surface area contributed by atoms with E-state index in [1.54, 1.807) is 0 Å². The van der Waals surface area contributed by atoms with E-state index >= 15 is 0 Å². The molecule has 1 heterocycles. The molecule has 1 heteroatoms. The number of hydrogen-bond donors (Lipinski definition) is 0. The van der Waals surface area contributed by atoms with Gasteiger partial charge in [0.25, 0.3) is 0 Å². The van der Waals surface area contributed by atoms with Crippen molar-refractivity contribution >= 4 is 6.08 Å². The summed E-state index contributed by atoms with van der Waals surface area (Å²) in [6, 6.07) is 8.78. The van der Waals surface area contributed by atoms with Crippen LogP contribution in [0.15, 0.2) is 30.0 Å². The maximum atomic E-state index is 5.62. The van der Waals surface area contributed by atoms with Crippen molar-refractivity contribution in [3.05, 3.63) is 41.2 Å². The lowest BCUT2D eigenvalue weighted by Gasteiger charge is -2.15. The van der Waals surface area contributed by atoms with Crippen LogP contribution in [0.25, 0.3) is 6.08 Å². The fraction of sp³-hybridized carbons (Fsp3) is 0.467. The van der Waals surface area contributed by atoms with Crippen LogP contribution in [0.5, 0.6) is 0 Å². The van der Waals surface area contributed by atoms with Crippen molar-refractivity contribution in [1.29, 1.82) is 0 Å². The molecule has 86 valence electrons. The van der Waals surface area contributed by atoms with Crippen LogP contribution in [0.4, 0.5) is 0 Å². The summed E-state index contributed by atoms with van der Waals surface area (Å²) in [7, 11) is 0. The number of benzene rings is 1. The zero-order chi connectivity index (χ0) is 11.4. The molecule has 0 unspecified atom stereocenters. The second kappa shape index (κ2) is 5.20. The SMILES string of the molecule is CC(C)c1ccc(C=C2CCCCO2)cc1. The van der Waals surface area contributed by atoms with E-state index in [2.05, 4.69) is 44.2 Å². The third kappa shape index (κ3) is 2.88. The number of allylic oxidation sites excluding steroid dienone is 1. The largest absolute Gasteiger partial charge is 0.498 e. The molecule has 1 aromatic rings. The molecule has 1 saturated heterocycles. The zero-order valence-electron chi connectivity index (χ0n) is 10.2. The monoisotopic (exact) mass is 216 g/mol. The van der Waals surface area contributed by atoms with Gasteiger partial charge in [-0.2, -0.15) is 0 Å². The zero-order valence-corrected chi connectivity index (χ0v) is 10.2. The second-order valence-corrected chi connectivity index (χ2v) is 4.74. The Kier molecular flexibility index (Phi) is 3.66. The quantitative estimate of drug-likeness (QED) is 0.714.